The molecule has 0 saturated heterocycles. The SMILES string of the molecule is Cc1cc(C)c2sc(N(Cc3cccnc3)C(=O)c3cc4ccccc4o3)nc2c1. The molecule has 148 valence electrons. The van der Waals surface area contributed by atoms with Gasteiger partial charge in [0.1, 0.15) is 5.58 Å². The van der Waals surface area contributed by atoms with E-state index >= 15 is 0 Å². The highest BCUT2D eigenvalue weighted by molar-refractivity contribution is 7.22. The summed E-state index contributed by atoms with van der Waals surface area (Å²) in [5.41, 5.74) is 4.83. The molecule has 0 saturated carbocycles. The number of para-hydroxylation sites is 1. The number of furan rings is 1. The standard InChI is InChI=1S/C24H19N3O2S/c1-15-10-16(2)22-19(11-15)26-24(30-22)27(14-17-6-5-9-25-13-17)23(28)21-12-18-7-3-4-8-20(18)29-21/h3-13H,14H2,1-2H3. The fourth-order valence-electron chi connectivity index (χ4n) is 3.60. The van der Waals surface area contributed by atoms with Gasteiger partial charge < -0.3 is 4.42 Å². The predicted octanol–water partition coefficient (Wildman–Crippen LogP) is 5.90. The molecule has 3 heterocycles. The Balaban J connectivity index is 1.61. The first kappa shape index (κ1) is 18.5. The van der Waals surface area contributed by atoms with Gasteiger partial charge in [0.2, 0.25) is 0 Å². The number of anilines is 1. The molecule has 0 aliphatic carbocycles. The molecule has 5 aromatic rings. The summed E-state index contributed by atoms with van der Waals surface area (Å²) in [7, 11) is 0. The highest BCUT2D eigenvalue weighted by Crippen LogP contribution is 2.34. The van der Waals surface area contributed by atoms with Crippen molar-refractivity contribution in [1.29, 1.82) is 0 Å². The molecule has 2 aromatic carbocycles. The van der Waals surface area contributed by atoms with E-state index in [-0.39, 0.29) is 5.91 Å². The highest BCUT2D eigenvalue weighted by atomic mass is 32.1. The third-order valence-corrected chi connectivity index (χ3v) is 6.21. The Hall–Kier alpha value is -3.51. The van der Waals surface area contributed by atoms with Gasteiger partial charge in [-0.1, -0.05) is 41.7 Å². The van der Waals surface area contributed by atoms with Gasteiger partial charge in [-0.25, -0.2) is 4.98 Å². The van der Waals surface area contributed by atoms with E-state index in [1.54, 1.807) is 23.4 Å². The molecule has 1 amide bonds. The first-order valence-corrected chi connectivity index (χ1v) is 10.5. The lowest BCUT2D eigenvalue weighted by atomic mass is 10.1. The smallest absolute Gasteiger partial charge is 0.296 e. The summed E-state index contributed by atoms with van der Waals surface area (Å²) < 4.78 is 6.94. The van der Waals surface area contributed by atoms with Gasteiger partial charge in [0, 0.05) is 17.8 Å². The molecule has 3 aromatic heterocycles. The largest absolute Gasteiger partial charge is 0.451 e. The molecule has 5 rings (SSSR count). The number of carbonyl (C=O) groups excluding carboxylic acids is 1. The number of fused-ring (bicyclic) bond motifs is 2. The van der Waals surface area contributed by atoms with Crippen LogP contribution in [0, 0.1) is 13.8 Å². The quantitative estimate of drug-likeness (QED) is 0.368. The van der Waals surface area contributed by atoms with E-state index in [4.69, 9.17) is 9.40 Å². The number of thiazole rings is 1. The van der Waals surface area contributed by atoms with Crippen LogP contribution in [-0.2, 0) is 6.54 Å². The Bertz CT molecular complexity index is 1340. The maximum Gasteiger partial charge on any atom is 0.296 e. The van der Waals surface area contributed by atoms with Gasteiger partial charge in [0.25, 0.3) is 5.91 Å². The summed E-state index contributed by atoms with van der Waals surface area (Å²) in [4.78, 5) is 24.2. The average molecular weight is 414 g/mol. The molecule has 0 spiro atoms. The summed E-state index contributed by atoms with van der Waals surface area (Å²) in [6, 6.07) is 17.4. The van der Waals surface area contributed by atoms with Crippen LogP contribution < -0.4 is 4.90 Å². The van der Waals surface area contributed by atoms with Crippen LogP contribution in [0.25, 0.3) is 21.2 Å². The third kappa shape index (κ3) is 3.35. The Morgan fingerprint density at radius 2 is 1.97 bits per heavy atom. The van der Waals surface area contributed by atoms with E-state index in [9.17, 15) is 4.79 Å². The number of amides is 1. The number of benzene rings is 2. The number of hydrogen-bond donors (Lipinski definition) is 0. The van der Waals surface area contributed by atoms with Gasteiger partial charge in [-0.15, -0.1) is 0 Å². The van der Waals surface area contributed by atoms with Crippen LogP contribution in [0.4, 0.5) is 5.13 Å². The minimum atomic E-state index is -0.219. The maximum absolute atomic E-state index is 13.5. The molecule has 0 N–H and O–H groups in total. The molecule has 0 aliphatic rings. The number of aromatic nitrogens is 2. The van der Waals surface area contributed by atoms with Gasteiger partial charge in [0.15, 0.2) is 10.9 Å². The van der Waals surface area contributed by atoms with Gasteiger partial charge >= 0.3 is 0 Å². The van der Waals surface area contributed by atoms with Gasteiger partial charge in [0.05, 0.1) is 16.8 Å². The summed E-state index contributed by atoms with van der Waals surface area (Å²) >= 11 is 1.52. The average Bonchev–Trinajstić information content (AvgIpc) is 3.36. The zero-order chi connectivity index (χ0) is 20.7. The van der Waals surface area contributed by atoms with Crippen molar-refractivity contribution in [2.45, 2.75) is 20.4 Å². The van der Waals surface area contributed by atoms with Crippen molar-refractivity contribution in [2.75, 3.05) is 4.90 Å². The number of rotatable bonds is 4. The van der Waals surface area contributed by atoms with E-state index in [2.05, 4.69) is 31.0 Å². The molecule has 6 heteroatoms. The van der Waals surface area contributed by atoms with Crippen molar-refractivity contribution >= 4 is 43.6 Å². The fraction of sp³-hybridized carbons (Fsp3) is 0.125. The summed E-state index contributed by atoms with van der Waals surface area (Å²) in [5, 5.41) is 1.55. The van der Waals surface area contributed by atoms with E-state index in [1.807, 2.05) is 36.4 Å². The van der Waals surface area contributed by atoms with Gasteiger partial charge in [-0.3, -0.25) is 14.7 Å². The second-order valence-corrected chi connectivity index (χ2v) is 8.31. The minimum Gasteiger partial charge on any atom is -0.451 e. The fourth-order valence-corrected chi connectivity index (χ4v) is 4.61. The van der Waals surface area contributed by atoms with Crippen LogP contribution in [0.15, 0.2) is 71.4 Å². The first-order valence-electron chi connectivity index (χ1n) is 9.65. The van der Waals surface area contributed by atoms with E-state index < -0.39 is 0 Å². The number of hydrogen-bond acceptors (Lipinski definition) is 5. The summed E-state index contributed by atoms with van der Waals surface area (Å²) in [5.74, 6) is 0.0794. The number of nitrogens with zero attached hydrogens (tertiary/aromatic N) is 3. The summed E-state index contributed by atoms with van der Waals surface area (Å²) in [6.45, 7) is 4.49. The normalized spacial score (nSPS) is 11.3. The van der Waals surface area contributed by atoms with E-state index in [0.717, 1.165) is 32.3 Å². The molecule has 0 radical (unpaired) electrons. The second kappa shape index (κ2) is 7.39. The molecule has 0 aliphatic heterocycles. The van der Waals surface area contributed by atoms with Gasteiger partial charge in [-0.2, -0.15) is 0 Å². The molecule has 30 heavy (non-hydrogen) atoms. The lowest BCUT2D eigenvalue weighted by molar-refractivity contribution is 0.0960. The highest BCUT2D eigenvalue weighted by Gasteiger charge is 2.25. The van der Waals surface area contributed by atoms with E-state index in [1.165, 1.54) is 11.3 Å². The van der Waals surface area contributed by atoms with Crippen LogP contribution >= 0.6 is 11.3 Å². The van der Waals surface area contributed by atoms with Crippen LogP contribution in [0.5, 0.6) is 0 Å². The predicted molar refractivity (Wildman–Crippen MR) is 120 cm³/mol. The lowest BCUT2D eigenvalue weighted by Crippen LogP contribution is -2.30. The maximum atomic E-state index is 13.5. The van der Waals surface area contributed by atoms with Crippen LogP contribution in [0.3, 0.4) is 0 Å². The van der Waals surface area contributed by atoms with Crippen molar-refractivity contribution in [3.8, 4) is 0 Å². The van der Waals surface area contributed by atoms with Crippen LogP contribution in [-0.4, -0.2) is 15.9 Å². The number of pyridine rings is 1. The number of carbonyl (C=O) groups is 1. The minimum absolute atomic E-state index is 0.219. The lowest BCUT2D eigenvalue weighted by Gasteiger charge is -2.18. The monoisotopic (exact) mass is 413 g/mol. The van der Waals surface area contributed by atoms with E-state index in [0.29, 0.717) is 23.0 Å². The molecular formula is C24H19N3O2S. The van der Waals surface area contributed by atoms with Crippen molar-refractivity contribution in [3.63, 3.8) is 0 Å². The van der Waals surface area contributed by atoms with Crippen molar-refractivity contribution < 1.29 is 9.21 Å². The van der Waals surface area contributed by atoms with Crippen molar-refractivity contribution in [3.05, 3.63) is 89.4 Å². The molecular weight excluding hydrogens is 394 g/mol. The zero-order valence-corrected chi connectivity index (χ0v) is 17.4. The van der Waals surface area contributed by atoms with Crippen LogP contribution in [0.2, 0.25) is 0 Å². The molecule has 5 nitrogen and oxygen atoms in total. The number of aryl methyl sites for hydroxylation is 2. The Kier molecular flexibility index (Phi) is 4.56. The molecule has 0 bridgehead atoms. The molecule has 0 fully saturated rings. The Morgan fingerprint density at radius 3 is 2.77 bits per heavy atom. The molecule has 0 atom stereocenters. The van der Waals surface area contributed by atoms with Gasteiger partial charge in [-0.05, 0) is 54.8 Å². The Labute approximate surface area is 177 Å². The first-order chi connectivity index (χ1) is 14.6. The van der Waals surface area contributed by atoms with Crippen molar-refractivity contribution in [1.82, 2.24) is 9.97 Å². The summed E-state index contributed by atoms with van der Waals surface area (Å²) in [6.07, 6.45) is 3.49. The second-order valence-electron chi connectivity index (χ2n) is 7.33. The topological polar surface area (TPSA) is 59.2 Å². The Morgan fingerprint density at radius 1 is 1.10 bits per heavy atom. The third-order valence-electron chi connectivity index (χ3n) is 4.98. The zero-order valence-electron chi connectivity index (χ0n) is 16.6. The van der Waals surface area contributed by atoms with Crippen LogP contribution in [0.1, 0.15) is 27.2 Å². The molecule has 0 unspecified atom stereocenters. The van der Waals surface area contributed by atoms with Crippen molar-refractivity contribution in [2.24, 2.45) is 0 Å².